The van der Waals surface area contributed by atoms with E-state index in [0.717, 1.165) is 0 Å². The number of nitrogens with one attached hydrogen (secondary N) is 2. The maximum Gasteiger partial charge on any atom is 0.251 e. The van der Waals surface area contributed by atoms with Crippen LogP contribution in [0.1, 0.15) is 23.2 Å². The Morgan fingerprint density at radius 3 is 2.33 bits per heavy atom. The van der Waals surface area contributed by atoms with Crippen LogP contribution in [-0.4, -0.2) is 62.4 Å². The van der Waals surface area contributed by atoms with Crippen molar-refractivity contribution in [2.75, 3.05) is 26.2 Å². The van der Waals surface area contributed by atoms with Crippen molar-refractivity contribution >= 4 is 15.9 Å². The number of sulfonamides is 1. The van der Waals surface area contributed by atoms with Crippen molar-refractivity contribution in [3.63, 3.8) is 0 Å². The molecule has 2 atom stereocenters. The van der Waals surface area contributed by atoms with Crippen LogP contribution in [-0.2, 0) is 10.0 Å². The van der Waals surface area contributed by atoms with Crippen LogP contribution in [0.25, 0.3) is 0 Å². The normalized spacial score (nSPS) is 22.3. The van der Waals surface area contributed by atoms with Crippen LogP contribution in [0.4, 0.5) is 0 Å². The van der Waals surface area contributed by atoms with Gasteiger partial charge in [0.25, 0.3) is 5.91 Å². The van der Waals surface area contributed by atoms with E-state index in [1.807, 2.05) is 12.4 Å². The highest BCUT2D eigenvalue weighted by molar-refractivity contribution is 7.89. The van der Waals surface area contributed by atoms with Crippen molar-refractivity contribution in [1.29, 1.82) is 10.5 Å². The van der Waals surface area contributed by atoms with E-state index >= 15 is 0 Å². The Morgan fingerprint density at radius 1 is 1.07 bits per heavy atom. The molecule has 2 aliphatic rings. The van der Waals surface area contributed by atoms with Crippen LogP contribution >= 0.6 is 0 Å². The molecule has 2 fully saturated rings. The predicted octanol–water partition coefficient (Wildman–Crippen LogP) is -0.195. The molecule has 1 unspecified atom stereocenters. The topological polar surface area (TPSA) is 129 Å². The van der Waals surface area contributed by atoms with Gasteiger partial charge in [0.05, 0.1) is 4.90 Å². The van der Waals surface area contributed by atoms with E-state index in [9.17, 15) is 13.2 Å². The second-order valence-electron chi connectivity index (χ2n) is 6.69. The Balaban J connectivity index is 1.67. The molecule has 1 aromatic carbocycles. The monoisotopic (exact) mass is 388 g/mol. The second kappa shape index (κ2) is 7.82. The van der Waals surface area contributed by atoms with Crippen LogP contribution in [0, 0.1) is 22.9 Å². The molecule has 0 saturated carbocycles. The lowest BCUT2D eigenvalue weighted by atomic mass is 10.2. The van der Waals surface area contributed by atoms with Gasteiger partial charge < -0.3 is 15.1 Å². The number of carbonyl (C=O) groups is 1. The van der Waals surface area contributed by atoms with Gasteiger partial charge in [0, 0.05) is 43.8 Å². The van der Waals surface area contributed by atoms with Crippen LogP contribution in [0.3, 0.4) is 0 Å². The number of nitriles is 2. The molecular weight excluding hydrogens is 368 g/mol. The molecule has 2 heterocycles. The lowest BCUT2D eigenvalue weighted by molar-refractivity contribution is 0.0938. The molecular formula is C17H20N6O3S. The van der Waals surface area contributed by atoms with Gasteiger partial charge in [-0.1, -0.05) is 6.07 Å². The van der Waals surface area contributed by atoms with E-state index in [1.165, 1.54) is 23.1 Å². The molecule has 0 bridgehead atoms. The number of likely N-dealkylation sites (tertiary alicyclic amines) is 2. The second-order valence-corrected chi connectivity index (χ2v) is 8.40. The number of hydrogen-bond donors (Lipinski definition) is 2. The maximum absolute atomic E-state index is 12.6. The summed E-state index contributed by atoms with van der Waals surface area (Å²) in [5, 5.41) is 20.6. The Kier molecular flexibility index (Phi) is 5.49. The molecule has 3 rings (SSSR count). The molecule has 2 saturated heterocycles. The summed E-state index contributed by atoms with van der Waals surface area (Å²) in [7, 11) is -3.79. The van der Waals surface area contributed by atoms with Gasteiger partial charge in [-0.05, 0) is 31.0 Å². The summed E-state index contributed by atoms with van der Waals surface area (Å²) in [6.45, 7) is 1.92. The highest BCUT2D eigenvalue weighted by atomic mass is 32.2. The molecule has 0 aromatic heterocycles. The zero-order chi connectivity index (χ0) is 19.4. The van der Waals surface area contributed by atoms with Gasteiger partial charge in [0.15, 0.2) is 12.4 Å². The minimum absolute atomic E-state index is 0.00984. The van der Waals surface area contributed by atoms with Crippen LogP contribution in [0.2, 0.25) is 0 Å². The SMILES string of the molecule is N#CN1CCC(NC(=O)c2cccc(S(=O)(=O)N[C@@H]3CCN(C#N)C3)c2)C1. The van der Waals surface area contributed by atoms with Crippen LogP contribution < -0.4 is 10.0 Å². The Hall–Kier alpha value is -2.82. The molecule has 0 aliphatic carbocycles. The van der Waals surface area contributed by atoms with Gasteiger partial charge >= 0.3 is 0 Å². The predicted molar refractivity (Wildman–Crippen MR) is 95.4 cm³/mol. The fraction of sp³-hybridized carbons (Fsp3) is 0.471. The molecule has 0 radical (unpaired) electrons. The largest absolute Gasteiger partial charge is 0.347 e. The van der Waals surface area contributed by atoms with E-state index in [1.54, 1.807) is 11.0 Å². The first-order chi connectivity index (χ1) is 12.9. The average molecular weight is 388 g/mol. The van der Waals surface area contributed by atoms with E-state index < -0.39 is 10.0 Å². The van der Waals surface area contributed by atoms with Gasteiger partial charge in [-0.2, -0.15) is 10.5 Å². The third-order valence-corrected chi connectivity index (χ3v) is 6.24. The highest BCUT2D eigenvalue weighted by Crippen LogP contribution is 2.16. The van der Waals surface area contributed by atoms with Gasteiger partial charge in [0.1, 0.15) is 0 Å². The lowest BCUT2D eigenvalue weighted by Crippen LogP contribution is -2.37. The quantitative estimate of drug-likeness (QED) is 0.669. The Morgan fingerprint density at radius 2 is 1.70 bits per heavy atom. The third-order valence-electron chi connectivity index (χ3n) is 4.72. The van der Waals surface area contributed by atoms with Gasteiger partial charge in [0.2, 0.25) is 10.0 Å². The third kappa shape index (κ3) is 4.48. The van der Waals surface area contributed by atoms with E-state index in [-0.39, 0.29) is 28.4 Å². The smallest absolute Gasteiger partial charge is 0.251 e. The zero-order valence-corrected chi connectivity index (χ0v) is 15.4. The van der Waals surface area contributed by atoms with Crippen molar-refractivity contribution in [1.82, 2.24) is 19.8 Å². The van der Waals surface area contributed by atoms with Crippen molar-refractivity contribution in [2.45, 2.75) is 29.8 Å². The fourth-order valence-corrected chi connectivity index (χ4v) is 4.58. The molecule has 10 heteroatoms. The van der Waals surface area contributed by atoms with Crippen molar-refractivity contribution in [2.24, 2.45) is 0 Å². The number of hydrogen-bond acceptors (Lipinski definition) is 7. The molecule has 0 spiro atoms. The number of rotatable bonds is 5. The van der Waals surface area contributed by atoms with Crippen LogP contribution in [0.5, 0.6) is 0 Å². The van der Waals surface area contributed by atoms with Gasteiger partial charge in [-0.25, -0.2) is 13.1 Å². The Bertz CT molecular complexity index is 904. The molecule has 1 aromatic rings. The Labute approximate surface area is 158 Å². The first kappa shape index (κ1) is 19.0. The highest BCUT2D eigenvalue weighted by Gasteiger charge is 2.28. The van der Waals surface area contributed by atoms with E-state index in [4.69, 9.17) is 10.5 Å². The van der Waals surface area contributed by atoms with Gasteiger partial charge in [-0.15, -0.1) is 0 Å². The van der Waals surface area contributed by atoms with Crippen molar-refractivity contribution in [3.8, 4) is 12.4 Å². The van der Waals surface area contributed by atoms with E-state index in [0.29, 0.717) is 39.0 Å². The standard InChI is InChI=1S/C17H20N6O3S/c18-11-22-6-4-14(9-22)20-17(24)13-2-1-3-16(8-13)27(25,26)21-15-5-7-23(10-15)12-19/h1-3,8,14-15,21H,4-7,9-10H2,(H,20,24)/t14?,15-/m1/s1. The summed E-state index contributed by atoms with van der Waals surface area (Å²) >= 11 is 0. The summed E-state index contributed by atoms with van der Waals surface area (Å²) in [6.07, 6.45) is 5.29. The summed E-state index contributed by atoms with van der Waals surface area (Å²) in [5.41, 5.74) is 0.248. The summed E-state index contributed by atoms with van der Waals surface area (Å²) in [5.74, 6) is -0.367. The minimum Gasteiger partial charge on any atom is -0.347 e. The van der Waals surface area contributed by atoms with Gasteiger partial charge in [-0.3, -0.25) is 4.79 Å². The van der Waals surface area contributed by atoms with Crippen molar-refractivity contribution in [3.05, 3.63) is 29.8 Å². The molecule has 142 valence electrons. The maximum atomic E-state index is 12.6. The summed E-state index contributed by atoms with van der Waals surface area (Å²) in [6, 6.07) is 5.39. The van der Waals surface area contributed by atoms with Crippen molar-refractivity contribution < 1.29 is 13.2 Å². The average Bonchev–Trinajstić information content (AvgIpc) is 3.30. The zero-order valence-electron chi connectivity index (χ0n) is 14.6. The number of nitrogens with zero attached hydrogens (tertiary/aromatic N) is 4. The first-order valence-electron chi connectivity index (χ1n) is 8.64. The first-order valence-corrected chi connectivity index (χ1v) is 10.1. The number of amides is 1. The van der Waals surface area contributed by atoms with E-state index in [2.05, 4.69) is 10.0 Å². The summed E-state index contributed by atoms with van der Waals surface area (Å²) < 4.78 is 27.8. The summed E-state index contributed by atoms with van der Waals surface area (Å²) in [4.78, 5) is 15.5. The molecule has 9 nitrogen and oxygen atoms in total. The molecule has 2 N–H and O–H groups in total. The molecule has 27 heavy (non-hydrogen) atoms. The molecule has 2 aliphatic heterocycles. The molecule has 1 amide bonds. The number of benzene rings is 1. The van der Waals surface area contributed by atoms with Crippen LogP contribution in [0.15, 0.2) is 29.2 Å². The number of carbonyl (C=O) groups excluding carboxylic acids is 1. The fourth-order valence-electron chi connectivity index (χ4n) is 3.28. The lowest BCUT2D eigenvalue weighted by Gasteiger charge is -2.15. The minimum atomic E-state index is -3.79.